The molecule has 0 unspecified atom stereocenters. The van der Waals surface area contributed by atoms with E-state index in [0.717, 1.165) is 25.9 Å². The number of nitrogens with one attached hydrogen (secondary N) is 2. The summed E-state index contributed by atoms with van der Waals surface area (Å²) in [6.07, 6.45) is 5.16. The second-order valence-corrected chi connectivity index (χ2v) is 6.03. The number of nitrogens with zero attached hydrogens (tertiary/aromatic N) is 2. The SMILES string of the molecule is Cl.O=C(NCc1cccs1)C1(n2cccn2)CCNCC1. The summed E-state index contributed by atoms with van der Waals surface area (Å²) in [6.45, 7) is 2.27. The lowest BCUT2D eigenvalue weighted by Crippen LogP contribution is -2.54. The van der Waals surface area contributed by atoms with E-state index in [1.165, 1.54) is 4.88 Å². The first-order valence-electron chi connectivity index (χ1n) is 6.83. The third-order valence-corrected chi connectivity index (χ3v) is 4.68. The Labute approximate surface area is 134 Å². The third-order valence-electron chi connectivity index (χ3n) is 3.80. The molecule has 0 aromatic carbocycles. The summed E-state index contributed by atoms with van der Waals surface area (Å²) >= 11 is 1.66. The molecule has 0 atom stereocenters. The van der Waals surface area contributed by atoms with Gasteiger partial charge in [0.2, 0.25) is 5.91 Å². The molecule has 1 amide bonds. The van der Waals surface area contributed by atoms with Gasteiger partial charge in [-0.1, -0.05) is 6.07 Å². The maximum atomic E-state index is 12.7. The van der Waals surface area contributed by atoms with E-state index >= 15 is 0 Å². The number of piperidine rings is 1. The van der Waals surface area contributed by atoms with Gasteiger partial charge in [-0.3, -0.25) is 9.48 Å². The Balaban J connectivity index is 0.00000161. The highest BCUT2D eigenvalue weighted by Crippen LogP contribution is 2.27. The molecule has 114 valence electrons. The van der Waals surface area contributed by atoms with E-state index in [2.05, 4.69) is 15.7 Å². The summed E-state index contributed by atoms with van der Waals surface area (Å²) in [4.78, 5) is 13.9. The quantitative estimate of drug-likeness (QED) is 0.900. The standard InChI is InChI=1S/C14H18N4OS.ClH/c19-13(16-11-12-3-1-10-20-12)14(4-7-15-8-5-14)18-9-2-6-17-18;/h1-3,6,9-10,15H,4-5,7-8,11H2,(H,16,19);1H. The maximum Gasteiger partial charge on any atom is 0.248 e. The van der Waals surface area contributed by atoms with Crippen molar-refractivity contribution in [3.05, 3.63) is 40.8 Å². The molecule has 7 heteroatoms. The number of hydrogen-bond donors (Lipinski definition) is 2. The fourth-order valence-electron chi connectivity index (χ4n) is 2.67. The predicted octanol–water partition coefficient (Wildman–Crippen LogP) is 1.76. The van der Waals surface area contributed by atoms with Crippen LogP contribution in [0.1, 0.15) is 17.7 Å². The van der Waals surface area contributed by atoms with E-state index in [0.29, 0.717) is 6.54 Å². The van der Waals surface area contributed by atoms with Crippen LogP contribution in [-0.2, 0) is 16.9 Å². The maximum absolute atomic E-state index is 12.7. The van der Waals surface area contributed by atoms with Crippen LogP contribution in [0.25, 0.3) is 0 Å². The average Bonchev–Trinajstić information content (AvgIpc) is 3.18. The molecule has 2 aromatic heterocycles. The molecule has 0 saturated carbocycles. The molecule has 2 N–H and O–H groups in total. The van der Waals surface area contributed by atoms with Crippen LogP contribution in [0, 0.1) is 0 Å². The van der Waals surface area contributed by atoms with Crippen LogP contribution in [0.5, 0.6) is 0 Å². The number of carbonyl (C=O) groups is 1. The molecule has 1 fully saturated rings. The van der Waals surface area contributed by atoms with Crippen molar-refractivity contribution in [2.75, 3.05) is 13.1 Å². The molecule has 1 aliphatic heterocycles. The van der Waals surface area contributed by atoms with Crippen LogP contribution in [0.3, 0.4) is 0 Å². The fourth-order valence-corrected chi connectivity index (χ4v) is 3.31. The van der Waals surface area contributed by atoms with Crippen LogP contribution in [0.2, 0.25) is 0 Å². The minimum atomic E-state index is -0.550. The molecule has 0 aliphatic carbocycles. The molecule has 0 bridgehead atoms. The predicted molar refractivity (Wildman–Crippen MR) is 85.7 cm³/mol. The Kier molecular flexibility index (Phi) is 5.39. The van der Waals surface area contributed by atoms with Gasteiger partial charge in [0.05, 0.1) is 6.54 Å². The first-order chi connectivity index (χ1) is 9.81. The Morgan fingerprint density at radius 2 is 2.24 bits per heavy atom. The van der Waals surface area contributed by atoms with Gasteiger partial charge in [-0.15, -0.1) is 23.7 Å². The number of rotatable bonds is 4. The Morgan fingerprint density at radius 3 is 2.86 bits per heavy atom. The fraction of sp³-hybridized carbons (Fsp3) is 0.429. The Morgan fingerprint density at radius 1 is 1.43 bits per heavy atom. The largest absolute Gasteiger partial charge is 0.349 e. The monoisotopic (exact) mass is 326 g/mol. The van der Waals surface area contributed by atoms with E-state index in [9.17, 15) is 4.79 Å². The van der Waals surface area contributed by atoms with Gasteiger partial charge in [0.1, 0.15) is 5.54 Å². The lowest BCUT2D eigenvalue weighted by Gasteiger charge is -2.36. The number of thiophene rings is 1. The number of amides is 1. The van der Waals surface area contributed by atoms with E-state index < -0.39 is 5.54 Å². The number of aromatic nitrogens is 2. The topological polar surface area (TPSA) is 59.0 Å². The van der Waals surface area contributed by atoms with Crippen molar-refractivity contribution in [1.29, 1.82) is 0 Å². The number of halogens is 1. The molecule has 2 aromatic rings. The zero-order chi connectivity index (χ0) is 13.8. The van der Waals surface area contributed by atoms with Crippen LogP contribution >= 0.6 is 23.7 Å². The lowest BCUT2D eigenvalue weighted by molar-refractivity contribution is -0.132. The first kappa shape index (κ1) is 16.0. The highest BCUT2D eigenvalue weighted by atomic mass is 35.5. The molecule has 5 nitrogen and oxygen atoms in total. The summed E-state index contributed by atoms with van der Waals surface area (Å²) in [5, 5.41) is 12.7. The summed E-state index contributed by atoms with van der Waals surface area (Å²) in [7, 11) is 0. The van der Waals surface area contributed by atoms with Gasteiger partial charge in [0, 0.05) is 17.3 Å². The lowest BCUT2D eigenvalue weighted by atomic mass is 9.87. The van der Waals surface area contributed by atoms with E-state index in [1.54, 1.807) is 17.5 Å². The molecule has 0 radical (unpaired) electrons. The zero-order valence-corrected chi connectivity index (χ0v) is 13.3. The van der Waals surface area contributed by atoms with Gasteiger partial charge in [-0.2, -0.15) is 5.10 Å². The molecule has 21 heavy (non-hydrogen) atoms. The van der Waals surface area contributed by atoms with E-state index in [-0.39, 0.29) is 18.3 Å². The van der Waals surface area contributed by atoms with Gasteiger partial charge in [-0.25, -0.2) is 0 Å². The average molecular weight is 327 g/mol. The van der Waals surface area contributed by atoms with Crippen molar-refractivity contribution in [3.63, 3.8) is 0 Å². The highest BCUT2D eigenvalue weighted by Gasteiger charge is 2.41. The van der Waals surface area contributed by atoms with Crippen LogP contribution < -0.4 is 10.6 Å². The minimum absolute atomic E-state index is 0. The van der Waals surface area contributed by atoms with Crippen LogP contribution in [0.4, 0.5) is 0 Å². The van der Waals surface area contributed by atoms with Crippen molar-refractivity contribution >= 4 is 29.7 Å². The Bertz CT molecular complexity index is 550. The second kappa shape index (κ2) is 7.06. The number of carbonyl (C=O) groups excluding carboxylic acids is 1. The molecular weight excluding hydrogens is 308 g/mol. The molecule has 0 spiro atoms. The molecule has 3 rings (SSSR count). The van der Waals surface area contributed by atoms with Crippen molar-refractivity contribution in [2.24, 2.45) is 0 Å². The Hall–Kier alpha value is -1.37. The molecular formula is C14H19ClN4OS. The normalized spacial score (nSPS) is 17.0. The smallest absolute Gasteiger partial charge is 0.248 e. The van der Waals surface area contributed by atoms with Gasteiger partial charge in [0.15, 0.2) is 0 Å². The summed E-state index contributed by atoms with van der Waals surface area (Å²) in [5.41, 5.74) is -0.550. The summed E-state index contributed by atoms with van der Waals surface area (Å²) < 4.78 is 1.82. The molecule has 1 aliphatic rings. The van der Waals surface area contributed by atoms with E-state index in [1.807, 2.05) is 34.5 Å². The van der Waals surface area contributed by atoms with Gasteiger partial charge in [-0.05, 0) is 43.4 Å². The van der Waals surface area contributed by atoms with Gasteiger partial charge >= 0.3 is 0 Å². The van der Waals surface area contributed by atoms with E-state index in [4.69, 9.17) is 0 Å². The summed E-state index contributed by atoms with van der Waals surface area (Å²) in [5.74, 6) is 0.0658. The third kappa shape index (κ3) is 3.28. The first-order valence-corrected chi connectivity index (χ1v) is 7.71. The minimum Gasteiger partial charge on any atom is -0.349 e. The molecule has 1 saturated heterocycles. The van der Waals surface area contributed by atoms with Gasteiger partial charge < -0.3 is 10.6 Å². The van der Waals surface area contributed by atoms with Crippen LogP contribution in [0.15, 0.2) is 36.0 Å². The van der Waals surface area contributed by atoms with Crippen molar-refractivity contribution in [2.45, 2.75) is 24.9 Å². The zero-order valence-electron chi connectivity index (χ0n) is 11.6. The van der Waals surface area contributed by atoms with Gasteiger partial charge in [0.25, 0.3) is 0 Å². The highest BCUT2D eigenvalue weighted by molar-refractivity contribution is 7.09. The van der Waals surface area contributed by atoms with Crippen molar-refractivity contribution in [1.82, 2.24) is 20.4 Å². The van der Waals surface area contributed by atoms with Crippen molar-refractivity contribution < 1.29 is 4.79 Å². The summed E-state index contributed by atoms with van der Waals surface area (Å²) in [6, 6.07) is 5.91. The number of hydrogen-bond acceptors (Lipinski definition) is 4. The molecule has 3 heterocycles. The van der Waals surface area contributed by atoms with Crippen molar-refractivity contribution in [3.8, 4) is 0 Å². The second-order valence-electron chi connectivity index (χ2n) is 4.99. The van der Waals surface area contributed by atoms with Crippen LogP contribution in [-0.4, -0.2) is 28.8 Å².